The number of imidazole rings is 1. The lowest BCUT2D eigenvalue weighted by molar-refractivity contribution is 0.797. The fourth-order valence-electron chi connectivity index (χ4n) is 1.89. The van der Waals surface area contributed by atoms with Gasteiger partial charge in [0.15, 0.2) is 0 Å². The van der Waals surface area contributed by atoms with Crippen LogP contribution in [0.3, 0.4) is 0 Å². The Morgan fingerprint density at radius 3 is 3.11 bits per heavy atom. The van der Waals surface area contributed by atoms with Crippen LogP contribution < -0.4 is 5.32 Å². The average Bonchev–Trinajstić information content (AvgIpc) is 3.10. The second-order valence-corrected chi connectivity index (χ2v) is 4.99. The summed E-state index contributed by atoms with van der Waals surface area (Å²) in [4.78, 5) is 8.31. The van der Waals surface area contributed by atoms with E-state index in [1.807, 2.05) is 18.0 Å². The Hall–Kier alpha value is -2.14. The third-order valence-corrected chi connectivity index (χ3v) is 3.44. The quantitative estimate of drug-likeness (QED) is 0.775. The lowest BCUT2D eigenvalue weighted by Crippen LogP contribution is -2.01. The van der Waals surface area contributed by atoms with Gasteiger partial charge in [0.2, 0.25) is 0 Å². The van der Waals surface area contributed by atoms with Crippen molar-refractivity contribution < 1.29 is 0 Å². The van der Waals surface area contributed by atoms with Gasteiger partial charge in [0, 0.05) is 30.0 Å². The monoisotopic (exact) mass is 270 g/mol. The van der Waals surface area contributed by atoms with Gasteiger partial charge in [-0.2, -0.15) is 0 Å². The van der Waals surface area contributed by atoms with Crippen LogP contribution in [0.5, 0.6) is 0 Å². The summed E-state index contributed by atoms with van der Waals surface area (Å²) in [7, 11) is 0. The highest BCUT2D eigenvalue weighted by molar-refractivity contribution is 7.07. The SMILES string of the molecule is c1cc(Cn2ccnc2)cc(NCc2cscn2)c1. The zero-order valence-electron chi connectivity index (χ0n) is 10.4. The van der Waals surface area contributed by atoms with Crippen molar-refractivity contribution in [2.24, 2.45) is 0 Å². The van der Waals surface area contributed by atoms with Crippen molar-refractivity contribution in [1.29, 1.82) is 0 Å². The Labute approximate surface area is 115 Å². The van der Waals surface area contributed by atoms with Crippen molar-refractivity contribution in [1.82, 2.24) is 14.5 Å². The fraction of sp³-hybridized carbons (Fsp3) is 0.143. The molecule has 19 heavy (non-hydrogen) atoms. The summed E-state index contributed by atoms with van der Waals surface area (Å²) in [6, 6.07) is 8.42. The first kappa shape index (κ1) is 11.9. The number of thiazole rings is 1. The molecule has 0 saturated heterocycles. The van der Waals surface area contributed by atoms with E-state index in [9.17, 15) is 0 Å². The first-order chi connectivity index (χ1) is 9.40. The Balaban J connectivity index is 1.66. The molecule has 3 aromatic rings. The molecule has 0 radical (unpaired) electrons. The van der Waals surface area contributed by atoms with Crippen molar-refractivity contribution >= 4 is 17.0 Å². The maximum atomic E-state index is 4.26. The normalized spacial score (nSPS) is 10.5. The molecule has 0 spiro atoms. The van der Waals surface area contributed by atoms with Crippen LogP contribution in [-0.4, -0.2) is 14.5 Å². The van der Waals surface area contributed by atoms with Crippen molar-refractivity contribution in [3.8, 4) is 0 Å². The molecule has 0 aliphatic heterocycles. The largest absolute Gasteiger partial charge is 0.379 e. The van der Waals surface area contributed by atoms with Crippen LogP contribution in [0, 0.1) is 0 Å². The summed E-state index contributed by atoms with van der Waals surface area (Å²) < 4.78 is 2.06. The Kier molecular flexibility index (Phi) is 3.56. The molecule has 96 valence electrons. The van der Waals surface area contributed by atoms with E-state index in [-0.39, 0.29) is 0 Å². The van der Waals surface area contributed by atoms with Gasteiger partial charge < -0.3 is 9.88 Å². The van der Waals surface area contributed by atoms with E-state index in [1.54, 1.807) is 17.5 Å². The number of hydrogen-bond donors (Lipinski definition) is 1. The summed E-state index contributed by atoms with van der Waals surface area (Å²) in [6.45, 7) is 1.60. The highest BCUT2D eigenvalue weighted by atomic mass is 32.1. The van der Waals surface area contributed by atoms with Crippen LogP contribution in [0.15, 0.2) is 53.9 Å². The minimum Gasteiger partial charge on any atom is -0.379 e. The predicted molar refractivity (Wildman–Crippen MR) is 77.2 cm³/mol. The lowest BCUT2D eigenvalue weighted by Gasteiger charge is -2.08. The number of anilines is 1. The smallest absolute Gasteiger partial charge is 0.0949 e. The summed E-state index contributed by atoms with van der Waals surface area (Å²) in [6.07, 6.45) is 5.59. The Morgan fingerprint density at radius 1 is 1.32 bits per heavy atom. The van der Waals surface area contributed by atoms with Gasteiger partial charge in [-0.3, -0.25) is 0 Å². The third-order valence-electron chi connectivity index (χ3n) is 2.81. The van der Waals surface area contributed by atoms with Crippen LogP contribution >= 0.6 is 11.3 Å². The molecule has 2 aromatic heterocycles. The van der Waals surface area contributed by atoms with E-state index in [0.29, 0.717) is 0 Å². The molecular formula is C14H14N4S. The minimum atomic E-state index is 0.762. The molecule has 5 heteroatoms. The average molecular weight is 270 g/mol. The minimum absolute atomic E-state index is 0.762. The fourth-order valence-corrected chi connectivity index (χ4v) is 2.45. The van der Waals surface area contributed by atoms with Crippen molar-refractivity contribution in [2.45, 2.75) is 13.1 Å². The summed E-state index contributed by atoms with van der Waals surface area (Å²) >= 11 is 1.62. The molecule has 0 aliphatic carbocycles. The van der Waals surface area contributed by atoms with E-state index < -0.39 is 0 Å². The van der Waals surface area contributed by atoms with Crippen LogP contribution in [0.2, 0.25) is 0 Å². The van der Waals surface area contributed by atoms with Crippen LogP contribution in [0.1, 0.15) is 11.3 Å². The highest BCUT2D eigenvalue weighted by Crippen LogP contribution is 2.13. The number of nitrogens with zero attached hydrogens (tertiary/aromatic N) is 3. The zero-order valence-corrected chi connectivity index (χ0v) is 11.2. The Morgan fingerprint density at radius 2 is 2.32 bits per heavy atom. The van der Waals surface area contributed by atoms with Gasteiger partial charge in [0.05, 0.1) is 24.1 Å². The first-order valence-electron chi connectivity index (χ1n) is 6.06. The summed E-state index contributed by atoms with van der Waals surface area (Å²) in [5.74, 6) is 0. The number of benzene rings is 1. The topological polar surface area (TPSA) is 42.7 Å². The van der Waals surface area contributed by atoms with Gasteiger partial charge in [0.1, 0.15) is 0 Å². The Bertz CT molecular complexity index is 617. The molecule has 3 rings (SSSR count). The second kappa shape index (κ2) is 5.67. The molecule has 0 aliphatic rings. The first-order valence-corrected chi connectivity index (χ1v) is 7.00. The van der Waals surface area contributed by atoms with Crippen LogP contribution in [0.25, 0.3) is 0 Å². The van der Waals surface area contributed by atoms with Gasteiger partial charge in [-0.05, 0) is 17.7 Å². The molecule has 0 unspecified atom stereocenters. The number of aromatic nitrogens is 3. The molecule has 2 heterocycles. The predicted octanol–water partition coefficient (Wildman–Crippen LogP) is 3.00. The molecular weight excluding hydrogens is 256 g/mol. The molecule has 0 saturated carbocycles. The maximum Gasteiger partial charge on any atom is 0.0949 e. The van der Waals surface area contributed by atoms with Gasteiger partial charge in [-0.15, -0.1) is 11.3 Å². The van der Waals surface area contributed by atoms with E-state index in [2.05, 4.69) is 49.5 Å². The van der Waals surface area contributed by atoms with E-state index in [1.165, 1.54) is 5.56 Å². The molecule has 0 bridgehead atoms. The van der Waals surface area contributed by atoms with Crippen molar-refractivity contribution in [3.05, 3.63) is 65.1 Å². The van der Waals surface area contributed by atoms with Gasteiger partial charge in [0.25, 0.3) is 0 Å². The standard InChI is InChI=1S/C14H14N4S/c1-2-12(8-18-5-4-15-10-18)6-13(3-1)16-7-14-9-19-11-17-14/h1-6,9-11,16H,7-8H2. The number of nitrogens with one attached hydrogen (secondary N) is 1. The second-order valence-electron chi connectivity index (χ2n) is 4.27. The van der Waals surface area contributed by atoms with E-state index in [4.69, 9.17) is 0 Å². The van der Waals surface area contributed by atoms with E-state index >= 15 is 0 Å². The van der Waals surface area contributed by atoms with Gasteiger partial charge in [-0.1, -0.05) is 12.1 Å². The van der Waals surface area contributed by atoms with E-state index in [0.717, 1.165) is 24.5 Å². The zero-order chi connectivity index (χ0) is 12.9. The molecule has 0 atom stereocenters. The molecule has 1 N–H and O–H groups in total. The summed E-state index contributed by atoms with van der Waals surface area (Å²) in [5, 5.41) is 5.44. The lowest BCUT2D eigenvalue weighted by atomic mass is 10.2. The van der Waals surface area contributed by atoms with Crippen molar-refractivity contribution in [3.63, 3.8) is 0 Å². The molecule has 1 aromatic carbocycles. The van der Waals surface area contributed by atoms with Crippen LogP contribution in [0.4, 0.5) is 5.69 Å². The molecule has 4 nitrogen and oxygen atoms in total. The van der Waals surface area contributed by atoms with Gasteiger partial charge in [-0.25, -0.2) is 9.97 Å². The van der Waals surface area contributed by atoms with Crippen LogP contribution in [-0.2, 0) is 13.1 Å². The number of rotatable bonds is 5. The van der Waals surface area contributed by atoms with Crippen molar-refractivity contribution in [2.75, 3.05) is 5.32 Å². The number of hydrogen-bond acceptors (Lipinski definition) is 4. The highest BCUT2D eigenvalue weighted by Gasteiger charge is 1.99. The summed E-state index contributed by atoms with van der Waals surface area (Å²) in [5.41, 5.74) is 5.30. The van der Waals surface area contributed by atoms with Gasteiger partial charge >= 0.3 is 0 Å². The molecule has 0 fully saturated rings. The third kappa shape index (κ3) is 3.20. The molecule has 0 amide bonds. The maximum absolute atomic E-state index is 4.26.